The molecule has 1 nitrogen and oxygen atoms in total. The zero-order chi connectivity index (χ0) is 9.84. The Morgan fingerprint density at radius 2 is 1.77 bits per heavy atom. The first kappa shape index (κ1) is 10.8. The summed E-state index contributed by atoms with van der Waals surface area (Å²) in [7, 11) is 0. The van der Waals surface area contributed by atoms with E-state index in [0.29, 0.717) is 5.56 Å². The fourth-order valence-electron chi connectivity index (χ4n) is 0.797. The predicted molar refractivity (Wildman–Crippen MR) is 58.3 cm³/mol. The van der Waals surface area contributed by atoms with Crippen molar-refractivity contribution in [2.75, 3.05) is 0 Å². The van der Waals surface area contributed by atoms with Crippen LogP contribution in [0.2, 0.25) is 0 Å². The third-order valence-corrected chi connectivity index (χ3v) is 2.12. The molecule has 0 spiro atoms. The van der Waals surface area contributed by atoms with Gasteiger partial charge in [0.15, 0.2) is 5.78 Å². The summed E-state index contributed by atoms with van der Waals surface area (Å²) in [4.78, 5) is 11.3. The van der Waals surface area contributed by atoms with Crippen molar-refractivity contribution in [1.82, 2.24) is 0 Å². The lowest BCUT2D eigenvalue weighted by molar-refractivity contribution is 0.104. The lowest BCUT2D eigenvalue weighted by Crippen LogP contribution is -1.93. The fourth-order valence-corrected chi connectivity index (χ4v) is 1.26. The van der Waals surface area contributed by atoms with Gasteiger partial charge in [-0.25, -0.2) is 0 Å². The van der Waals surface area contributed by atoms with Gasteiger partial charge in [-0.05, 0) is 24.3 Å². The highest BCUT2D eigenvalue weighted by Gasteiger charge is 2.02. The molecule has 0 aliphatic rings. The highest BCUT2D eigenvalue weighted by molar-refractivity contribution is 9.10. The summed E-state index contributed by atoms with van der Waals surface area (Å²) in [6.07, 6.45) is 1.17. The topological polar surface area (TPSA) is 17.1 Å². The van der Waals surface area contributed by atoms with E-state index in [4.69, 9.17) is 23.2 Å². The van der Waals surface area contributed by atoms with Crippen LogP contribution in [-0.4, -0.2) is 5.78 Å². The Morgan fingerprint density at radius 1 is 1.23 bits per heavy atom. The van der Waals surface area contributed by atoms with Crippen molar-refractivity contribution in [3.05, 3.63) is 44.9 Å². The molecule has 0 radical (unpaired) electrons. The van der Waals surface area contributed by atoms with Crippen LogP contribution in [-0.2, 0) is 0 Å². The van der Waals surface area contributed by atoms with Crippen LogP contribution in [0.25, 0.3) is 0 Å². The maximum Gasteiger partial charge on any atom is 0.188 e. The van der Waals surface area contributed by atoms with E-state index in [0.717, 1.165) is 4.47 Å². The molecule has 0 saturated carbocycles. The standard InChI is InChI=1S/C9H5BrCl2O/c10-7-3-1-6(2-4-7)8(13)5-9(11)12/h1-5H. The number of halogens is 3. The summed E-state index contributed by atoms with van der Waals surface area (Å²) in [5.41, 5.74) is 0.557. The molecular weight excluding hydrogens is 275 g/mol. The first-order chi connectivity index (χ1) is 6.09. The molecule has 13 heavy (non-hydrogen) atoms. The second kappa shape index (κ2) is 4.80. The van der Waals surface area contributed by atoms with Crippen LogP contribution in [0.1, 0.15) is 10.4 Å². The van der Waals surface area contributed by atoms with Gasteiger partial charge in [0.25, 0.3) is 0 Å². The van der Waals surface area contributed by atoms with E-state index in [1.807, 2.05) is 0 Å². The molecule has 0 N–H and O–H groups in total. The van der Waals surface area contributed by atoms with Crippen molar-refractivity contribution in [2.45, 2.75) is 0 Å². The van der Waals surface area contributed by atoms with Crippen molar-refractivity contribution in [1.29, 1.82) is 0 Å². The number of ketones is 1. The summed E-state index contributed by atoms with van der Waals surface area (Å²) in [5, 5.41) is 0. The molecule has 0 unspecified atom stereocenters. The van der Waals surface area contributed by atoms with Gasteiger partial charge in [-0.2, -0.15) is 0 Å². The van der Waals surface area contributed by atoms with Crippen LogP contribution in [0.4, 0.5) is 0 Å². The summed E-state index contributed by atoms with van der Waals surface area (Å²) >= 11 is 14.0. The molecule has 0 amide bonds. The van der Waals surface area contributed by atoms with Crippen LogP contribution in [0, 0.1) is 0 Å². The zero-order valence-corrected chi connectivity index (χ0v) is 9.53. The summed E-state index contributed by atoms with van der Waals surface area (Å²) in [6.45, 7) is 0. The van der Waals surface area contributed by atoms with Crippen molar-refractivity contribution in [2.24, 2.45) is 0 Å². The van der Waals surface area contributed by atoms with Crippen LogP contribution < -0.4 is 0 Å². The van der Waals surface area contributed by atoms with E-state index >= 15 is 0 Å². The Bertz CT molecular complexity index is 339. The molecule has 1 rings (SSSR count). The fraction of sp³-hybridized carbons (Fsp3) is 0. The Labute approximate surface area is 94.5 Å². The van der Waals surface area contributed by atoms with E-state index in [9.17, 15) is 4.79 Å². The van der Waals surface area contributed by atoms with E-state index < -0.39 is 0 Å². The maximum atomic E-state index is 11.3. The van der Waals surface area contributed by atoms with E-state index in [1.165, 1.54) is 6.08 Å². The number of rotatable bonds is 2. The Kier molecular flexibility index (Phi) is 3.97. The van der Waals surface area contributed by atoms with Crippen LogP contribution in [0.3, 0.4) is 0 Å². The molecule has 4 heteroatoms. The Morgan fingerprint density at radius 3 is 2.23 bits per heavy atom. The highest BCUT2D eigenvalue weighted by atomic mass is 79.9. The van der Waals surface area contributed by atoms with Crippen LogP contribution in [0.15, 0.2) is 39.3 Å². The third kappa shape index (κ3) is 3.51. The molecule has 0 aliphatic carbocycles. The first-order valence-corrected chi connectivity index (χ1v) is 4.97. The number of hydrogen-bond acceptors (Lipinski definition) is 1. The minimum Gasteiger partial charge on any atom is -0.289 e. The minimum absolute atomic E-state index is 0.0343. The Hall–Kier alpha value is -0.310. The molecule has 0 heterocycles. The van der Waals surface area contributed by atoms with E-state index in [1.54, 1.807) is 24.3 Å². The van der Waals surface area contributed by atoms with Crippen molar-refractivity contribution >= 4 is 44.9 Å². The van der Waals surface area contributed by atoms with Gasteiger partial charge in [-0.3, -0.25) is 4.79 Å². The number of carbonyl (C=O) groups excluding carboxylic acids is 1. The van der Waals surface area contributed by atoms with Crippen LogP contribution >= 0.6 is 39.1 Å². The third-order valence-electron chi connectivity index (χ3n) is 1.37. The molecule has 0 aliphatic heterocycles. The largest absolute Gasteiger partial charge is 0.289 e. The quantitative estimate of drug-likeness (QED) is 0.592. The molecule has 68 valence electrons. The van der Waals surface area contributed by atoms with Crippen LogP contribution in [0.5, 0.6) is 0 Å². The summed E-state index contributed by atoms with van der Waals surface area (Å²) < 4.78 is 0.887. The van der Waals surface area contributed by atoms with Gasteiger partial charge in [0.2, 0.25) is 0 Å². The number of allylic oxidation sites excluding steroid dienone is 1. The van der Waals surface area contributed by atoms with Crippen molar-refractivity contribution in [3.8, 4) is 0 Å². The average Bonchev–Trinajstić information content (AvgIpc) is 2.04. The SMILES string of the molecule is O=C(C=C(Cl)Cl)c1ccc(Br)cc1. The van der Waals surface area contributed by atoms with Gasteiger partial charge in [0, 0.05) is 16.1 Å². The maximum absolute atomic E-state index is 11.3. The zero-order valence-electron chi connectivity index (χ0n) is 6.43. The molecule has 1 aromatic rings. The number of carbonyl (C=O) groups is 1. The monoisotopic (exact) mass is 278 g/mol. The summed E-state index contributed by atoms with van der Waals surface area (Å²) in [6, 6.07) is 6.95. The Balaban J connectivity index is 2.90. The lowest BCUT2D eigenvalue weighted by Gasteiger charge is -1.95. The second-order valence-electron chi connectivity index (χ2n) is 2.31. The molecule has 1 aromatic carbocycles. The molecule has 0 saturated heterocycles. The summed E-state index contributed by atoms with van der Waals surface area (Å²) in [5.74, 6) is -0.201. The molecule has 0 aromatic heterocycles. The smallest absolute Gasteiger partial charge is 0.188 e. The molecular formula is C9H5BrCl2O. The second-order valence-corrected chi connectivity index (χ2v) is 4.23. The lowest BCUT2D eigenvalue weighted by atomic mass is 10.1. The van der Waals surface area contributed by atoms with Gasteiger partial charge in [-0.15, -0.1) is 0 Å². The molecule has 0 fully saturated rings. The van der Waals surface area contributed by atoms with Crippen molar-refractivity contribution in [3.63, 3.8) is 0 Å². The first-order valence-electron chi connectivity index (χ1n) is 3.42. The predicted octanol–water partition coefficient (Wildman–Crippen LogP) is 3.95. The minimum atomic E-state index is -0.201. The number of benzene rings is 1. The van der Waals surface area contributed by atoms with Gasteiger partial charge < -0.3 is 0 Å². The van der Waals surface area contributed by atoms with Crippen molar-refractivity contribution < 1.29 is 4.79 Å². The highest BCUT2D eigenvalue weighted by Crippen LogP contribution is 2.13. The van der Waals surface area contributed by atoms with E-state index in [-0.39, 0.29) is 10.3 Å². The van der Waals surface area contributed by atoms with Gasteiger partial charge in [0.05, 0.1) is 0 Å². The normalized spacial score (nSPS) is 9.46. The van der Waals surface area contributed by atoms with E-state index in [2.05, 4.69) is 15.9 Å². The molecule has 0 atom stereocenters. The average molecular weight is 280 g/mol. The van der Waals surface area contributed by atoms with Gasteiger partial charge in [-0.1, -0.05) is 39.1 Å². The van der Waals surface area contributed by atoms with Gasteiger partial charge in [0.1, 0.15) is 4.49 Å². The van der Waals surface area contributed by atoms with Gasteiger partial charge >= 0.3 is 0 Å². The number of hydrogen-bond donors (Lipinski definition) is 0. The molecule has 0 bridgehead atoms.